The highest BCUT2D eigenvalue weighted by Crippen LogP contribution is 2.33. The van der Waals surface area contributed by atoms with E-state index in [2.05, 4.69) is 10.3 Å². The molecule has 2 saturated heterocycles. The maximum absolute atomic E-state index is 12.6. The van der Waals surface area contributed by atoms with Crippen LogP contribution in [0.1, 0.15) is 24.4 Å². The first-order valence-electron chi connectivity index (χ1n) is 7.98. The van der Waals surface area contributed by atoms with Crippen molar-refractivity contribution in [1.29, 1.82) is 0 Å². The van der Waals surface area contributed by atoms with Crippen LogP contribution in [0.2, 0.25) is 0 Å². The van der Waals surface area contributed by atoms with Crippen molar-refractivity contribution in [1.82, 2.24) is 20.1 Å². The van der Waals surface area contributed by atoms with Crippen LogP contribution in [0.3, 0.4) is 0 Å². The van der Waals surface area contributed by atoms with Crippen molar-refractivity contribution in [2.45, 2.75) is 18.9 Å². The van der Waals surface area contributed by atoms with Gasteiger partial charge >= 0.3 is 6.03 Å². The van der Waals surface area contributed by atoms with Gasteiger partial charge in [-0.2, -0.15) is 0 Å². The number of hydrogen-bond donors (Lipinski definition) is 1. The van der Waals surface area contributed by atoms with E-state index in [-0.39, 0.29) is 30.9 Å². The fraction of sp³-hybridized carbons (Fsp3) is 0.500. The molecule has 3 rings (SSSR count). The minimum absolute atomic E-state index is 0.0356. The van der Waals surface area contributed by atoms with Gasteiger partial charge in [0.1, 0.15) is 12.4 Å². The van der Waals surface area contributed by atoms with Crippen LogP contribution in [0.5, 0.6) is 0 Å². The van der Waals surface area contributed by atoms with Gasteiger partial charge in [-0.3, -0.25) is 14.5 Å². The molecule has 8 heteroatoms. The van der Waals surface area contributed by atoms with Gasteiger partial charge < -0.3 is 15.1 Å². The molecular weight excluding hydrogens is 310 g/mol. The van der Waals surface area contributed by atoms with Gasteiger partial charge in [0.25, 0.3) is 5.91 Å². The average Bonchev–Trinajstić information content (AvgIpc) is 3.17. The van der Waals surface area contributed by atoms with Crippen LogP contribution in [0.15, 0.2) is 18.3 Å². The second-order valence-electron chi connectivity index (χ2n) is 6.23. The Kier molecular flexibility index (Phi) is 4.37. The summed E-state index contributed by atoms with van der Waals surface area (Å²) in [6.07, 6.45) is 3.50. The summed E-state index contributed by atoms with van der Waals surface area (Å²) in [5.41, 5.74) is 1.02. The Morgan fingerprint density at radius 2 is 2.21 bits per heavy atom. The van der Waals surface area contributed by atoms with Crippen molar-refractivity contribution in [3.63, 3.8) is 0 Å². The van der Waals surface area contributed by atoms with Gasteiger partial charge in [0, 0.05) is 26.8 Å². The topological polar surface area (TPSA) is 85.9 Å². The second-order valence-corrected chi connectivity index (χ2v) is 6.23. The van der Waals surface area contributed by atoms with Crippen LogP contribution < -0.4 is 10.2 Å². The molecule has 1 aromatic rings. The van der Waals surface area contributed by atoms with E-state index >= 15 is 0 Å². The number of urea groups is 1. The molecule has 2 fully saturated rings. The summed E-state index contributed by atoms with van der Waals surface area (Å²) in [6, 6.07) is 3.35. The maximum atomic E-state index is 12.6. The minimum Gasteiger partial charge on any atom is -0.363 e. The fourth-order valence-electron chi connectivity index (χ4n) is 3.14. The van der Waals surface area contributed by atoms with Crippen LogP contribution >= 0.6 is 0 Å². The van der Waals surface area contributed by atoms with Crippen molar-refractivity contribution in [3.05, 3.63) is 23.9 Å². The van der Waals surface area contributed by atoms with E-state index in [9.17, 15) is 14.4 Å². The van der Waals surface area contributed by atoms with E-state index in [1.807, 2.05) is 31.1 Å². The quantitative estimate of drug-likeness (QED) is 0.805. The Morgan fingerprint density at radius 1 is 1.42 bits per heavy atom. The first-order chi connectivity index (χ1) is 11.5. The van der Waals surface area contributed by atoms with E-state index in [1.165, 1.54) is 0 Å². The summed E-state index contributed by atoms with van der Waals surface area (Å²) in [5, 5.41) is 2.43. The van der Waals surface area contributed by atoms with E-state index in [0.29, 0.717) is 6.54 Å². The van der Waals surface area contributed by atoms with Crippen molar-refractivity contribution in [2.75, 3.05) is 38.6 Å². The molecule has 0 bridgehead atoms. The van der Waals surface area contributed by atoms with Gasteiger partial charge in [-0.25, -0.2) is 9.78 Å². The zero-order chi connectivity index (χ0) is 17.3. The number of rotatable bonds is 4. The Bertz CT molecular complexity index is 659. The van der Waals surface area contributed by atoms with Crippen LogP contribution in [0.25, 0.3) is 0 Å². The Balaban J connectivity index is 1.75. The number of carbonyl (C=O) groups is 3. The van der Waals surface area contributed by atoms with Gasteiger partial charge in [0.05, 0.1) is 12.6 Å². The lowest BCUT2D eigenvalue weighted by molar-refractivity contribution is -0.137. The first kappa shape index (κ1) is 16.2. The van der Waals surface area contributed by atoms with Gasteiger partial charge in [-0.05, 0) is 30.5 Å². The minimum atomic E-state index is -0.497. The molecule has 0 spiro atoms. The maximum Gasteiger partial charge on any atom is 0.325 e. The number of nitrogens with zero attached hydrogens (tertiary/aromatic N) is 4. The number of likely N-dealkylation sites (tertiary alicyclic amines) is 1. The number of amides is 4. The normalized spacial score (nSPS) is 20.5. The van der Waals surface area contributed by atoms with Crippen LogP contribution in [-0.2, 0) is 9.59 Å². The number of hydrogen-bond acceptors (Lipinski definition) is 5. The number of nitrogens with one attached hydrogen (secondary N) is 1. The Hall–Kier alpha value is -2.64. The third-order valence-corrected chi connectivity index (χ3v) is 4.42. The predicted molar refractivity (Wildman–Crippen MR) is 87.4 cm³/mol. The van der Waals surface area contributed by atoms with Crippen LogP contribution in [0.4, 0.5) is 10.6 Å². The van der Waals surface area contributed by atoms with Gasteiger partial charge in [0.2, 0.25) is 5.91 Å². The zero-order valence-electron chi connectivity index (χ0n) is 13.9. The summed E-state index contributed by atoms with van der Waals surface area (Å²) < 4.78 is 0. The van der Waals surface area contributed by atoms with Crippen molar-refractivity contribution in [2.24, 2.45) is 0 Å². The predicted octanol–water partition coefficient (Wildman–Crippen LogP) is 0.363. The van der Waals surface area contributed by atoms with Crippen molar-refractivity contribution < 1.29 is 14.4 Å². The van der Waals surface area contributed by atoms with E-state index in [0.717, 1.165) is 29.1 Å². The summed E-state index contributed by atoms with van der Waals surface area (Å²) in [6.45, 7) is 0.394. The highest BCUT2D eigenvalue weighted by atomic mass is 16.2. The zero-order valence-corrected chi connectivity index (χ0v) is 13.9. The number of aromatic nitrogens is 1. The van der Waals surface area contributed by atoms with Crippen molar-refractivity contribution in [3.8, 4) is 0 Å². The molecule has 2 aliphatic rings. The summed E-state index contributed by atoms with van der Waals surface area (Å²) in [7, 11) is 3.84. The molecule has 2 aliphatic heterocycles. The molecule has 0 aromatic carbocycles. The van der Waals surface area contributed by atoms with Gasteiger partial charge in [0.15, 0.2) is 0 Å². The molecule has 0 unspecified atom stereocenters. The molecule has 24 heavy (non-hydrogen) atoms. The molecule has 3 heterocycles. The highest BCUT2D eigenvalue weighted by Gasteiger charge is 2.35. The number of carbonyl (C=O) groups excluding carboxylic acids is 3. The third kappa shape index (κ3) is 3.04. The van der Waals surface area contributed by atoms with E-state index in [1.54, 1.807) is 11.1 Å². The molecule has 8 nitrogen and oxygen atoms in total. The van der Waals surface area contributed by atoms with Crippen LogP contribution in [0, 0.1) is 0 Å². The summed E-state index contributed by atoms with van der Waals surface area (Å²) >= 11 is 0. The third-order valence-electron chi connectivity index (χ3n) is 4.42. The number of pyridine rings is 1. The molecule has 0 saturated carbocycles. The van der Waals surface area contributed by atoms with E-state index < -0.39 is 6.03 Å². The lowest BCUT2D eigenvalue weighted by atomic mass is 10.1. The molecule has 128 valence electrons. The largest absolute Gasteiger partial charge is 0.363 e. The summed E-state index contributed by atoms with van der Waals surface area (Å²) in [5.74, 6) is 0.273. The Labute approximate surface area is 140 Å². The molecule has 4 amide bonds. The second kappa shape index (κ2) is 6.46. The molecular formula is C16H21N5O3. The molecule has 1 aromatic heterocycles. The van der Waals surface area contributed by atoms with Gasteiger partial charge in [-0.15, -0.1) is 0 Å². The lowest BCUT2D eigenvalue weighted by Crippen LogP contribution is -2.42. The standard InChI is InChI=1S/C16H21N5O3/c1-19(2)13-8-11(5-6-17-13)12-4-3-7-20(12)15(23)10-21-14(22)9-18-16(21)24/h5-6,8,12H,3-4,7,9-10H2,1-2H3,(H,18,24)/t12-/m1/s1. The monoisotopic (exact) mass is 331 g/mol. The van der Waals surface area contributed by atoms with E-state index in [4.69, 9.17) is 0 Å². The average molecular weight is 331 g/mol. The number of imide groups is 1. The fourth-order valence-corrected chi connectivity index (χ4v) is 3.14. The lowest BCUT2D eigenvalue weighted by Gasteiger charge is -2.27. The molecule has 0 aliphatic carbocycles. The number of anilines is 1. The SMILES string of the molecule is CN(C)c1cc([C@H]2CCCN2C(=O)CN2C(=O)CNC2=O)ccn1. The Morgan fingerprint density at radius 3 is 2.88 bits per heavy atom. The molecule has 1 atom stereocenters. The van der Waals surface area contributed by atoms with Crippen LogP contribution in [-0.4, -0.2) is 66.4 Å². The van der Waals surface area contributed by atoms with Gasteiger partial charge in [-0.1, -0.05) is 0 Å². The van der Waals surface area contributed by atoms with Crippen molar-refractivity contribution >= 4 is 23.7 Å². The molecule has 1 N–H and O–H groups in total. The molecule has 0 radical (unpaired) electrons. The first-order valence-corrected chi connectivity index (χ1v) is 7.98. The smallest absolute Gasteiger partial charge is 0.325 e. The summed E-state index contributed by atoms with van der Waals surface area (Å²) in [4.78, 5) is 44.9. The highest BCUT2D eigenvalue weighted by molar-refractivity contribution is 6.04.